The van der Waals surface area contributed by atoms with Crippen molar-refractivity contribution in [1.82, 2.24) is 18.8 Å². The van der Waals surface area contributed by atoms with Crippen molar-refractivity contribution in [3.05, 3.63) is 17.5 Å². The molecule has 1 atom stereocenters. The van der Waals surface area contributed by atoms with Gasteiger partial charge in [0.15, 0.2) is 0 Å². The zero-order valence-electron chi connectivity index (χ0n) is 13.7. The van der Waals surface area contributed by atoms with E-state index in [0.29, 0.717) is 25.6 Å². The van der Waals surface area contributed by atoms with Crippen molar-refractivity contribution in [2.45, 2.75) is 32.7 Å². The fourth-order valence-corrected chi connectivity index (χ4v) is 4.27. The first-order valence-electron chi connectivity index (χ1n) is 7.60. The molecule has 0 bridgehead atoms. The van der Waals surface area contributed by atoms with E-state index in [4.69, 9.17) is 4.74 Å². The van der Waals surface area contributed by atoms with E-state index in [2.05, 4.69) is 9.82 Å². The van der Waals surface area contributed by atoms with Crippen LogP contribution in [0.2, 0.25) is 0 Å². The quantitative estimate of drug-likeness (QED) is 0.844. The average molecular weight is 330 g/mol. The lowest BCUT2D eigenvalue weighted by Gasteiger charge is -2.31. The first-order valence-corrected chi connectivity index (χ1v) is 9.04. The molecule has 1 aromatic rings. The van der Waals surface area contributed by atoms with E-state index in [1.54, 1.807) is 18.0 Å². The van der Waals surface area contributed by atoms with Crippen LogP contribution in [0.1, 0.15) is 37.1 Å². The highest BCUT2D eigenvalue weighted by atomic mass is 32.2. The third-order valence-electron chi connectivity index (χ3n) is 4.38. The highest BCUT2D eigenvalue weighted by Gasteiger charge is 2.29. The average Bonchev–Trinajstić information content (AvgIpc) is 2.79. The summed E-state index contributed by atoms with van der Waals surface area (Å²) in [4.78, 5) is 0. The van der Waals surface area contributed by atoms with E-state index >= 15 is 0 Å². The van der Waals surface area contributed by atoms with Crippen LogP contribution in [0.4, 0.5) is 0 Å². The Kier molecular flexibility index (Phi) is 5.60. The monoisotopic (exact) mass is 330 g/mol. The number of ether oxygens (including phenoxy) is 1. The zero-order valence-corrected chi connectivity index (χ0v) is 14.6. The van der Waals surface area contributed by atoms with Gasteiger partial charge in [-0.05, 0) is 32.6 Å². The summed E-state index contributed by atoms with van der Waals surface area (Å²) < 4.78 is 36.2. The van der Waals surface area contributed by atoms with E-state index < -0.39 is 10.2 Å². The van der Waals surface area contributed by atoms with Crippen molar-refractivity contribution in [3.8, 4) is 0 Å². The maximum absolute atomic E-state index is 12.5. The van der Waals surface area contributed by atoms with Crippen molar-refractivity contribution in [2.75, 3.05) is 26.8 Å². The largest absolute Gasteiger partial charge is 0.384 e. The zero-order chi connectivity index (χ0) is 16.3. The Morgan fingerprint density at radius 1 is 1.45 bits per heavy atom. The van der Waals surface area contributed by atoms with Gasteiger partial charge in [0.05, 0.1) is 6.20 Å². The maximum atomic E-state index is 12.5. The van der Waals surface area contributed by atoms with Crippen LogP contribution in [0, 0.1) is 12.8 Å². The van der Waals surface area contributed by atoms with Crippen LogP contribution in [-0.4, -0.2) is 49.3 Å². The van der Waals surface area contributed by atoms with Crippen LogP contribution in [0.25, 0.3) is 0 Å². The summed E-state index contributed by atoms with van der Waals surface area (Å²) in [5.41, 5.74) is 1.87. The highest BCUT2D eigenvalue weighted by Crippen LogP contribution is 2.22. The second-order valence-electron chi connectivity index (χ2n) is 5.95. The second kappa shape index (κ2) is 7.08. The lowest BCUT2D eigenvalue weighted by molar-refractivity contribution is 0.121. The molecule has 1 saturated heterocycles. The summed E-state index contributed by atoms with van der Waals surface area (Å²) in [5.74, 6) is 0.453. The first kappa shape index (κ1) is 17.4. The third-order valence-corrected chi connectivity index (χ3v) is 6.08. The summed E-state index contributed by atoms with van der Waals surface area (Å²) in [6.07, 6.45) is 3.40. The van der Waals surface area contributed by atoms with Gasteiger partial charge < -0.3 is 4.74 Å². The molecule has 22 heavy (non-hydrogen) atoms. The maximum Gasteiger partial charge on any atom is 0.279 e. The number of aryl methyl sites for hydroxylation is 1. The first-order chi connectivity index (χ1) is 10.3. The predicted molar refractivity (Wildman–Crippen MR) is 84.6 cm³/mol. The second-order valence-corrected chi connectivity index (χ2v) is 7.65. The molecule has 7 nitrogen and oxygen atoms in total. The number of methoxy groups -OCH3 is 1. The standard InChI is InChI=1S/C14H26N4O3S/c1-11(14-9-15-17(3)12(14)2)16-22(19,20)18-7-5-13(6-8-18)10-21-4/h9,11,13,16H,5-8,10H2,1-4H3. The van der Waals surface area contributed by atoms with E-state index in [1.165, 1.54) is 4.31 Å². The number of hydrogen-bond acceptors (Lipinski definition) is 4. The van der Waals surface area contributed by atoms with Crippen LogP contribution >= 0.6 is 0 Å². The van der Waals surface area contributed by atoms with E-state index in [-0.39, 0.29) is 6.04 Å². The van der Waals surface area contributed by atoms with E-state index in [1.807, 2.05) is 20.9 Å². The number of rotatable bonds is 6. The van der Waals surface area contributed by atoms with Crippen molar-refractivity contribution in [3.63, 3.8) is 0 Å². The Morgan fingerprint density at radius 3 is 2.59 bits per heavy atom. The minimum Gasteiger partial charge on any atom is -0.384 e. The fraction of sp³-hybridized carbons (Fsp3) is 0.786. The van der Waals surface area contributed by atoms with Gasteiger partial charge in [-0.15, -0.1) is 0 Å². The predicted octanol–water partition coefficient (Wildman–Crippen LogP) is 0.982. The summed E-state index contributed by atoms with van der Waals surface area (Å²) in [5, 5.41) is 4.16. The summed E-state index contributed by atoms with van der Waals surface area (Å²) in [6, 6.07) is -0.296. The van der Waals surface area contributed by atoms with Gasteiger partial charge in [-0.1, -0.05) is 0 Å². The van der Waals surface area contributed by atoms with Gasteiger partial charge in [0.1, 0.15) is 0 Å². The number of nitrogens with zero attached hydrogens (tertiary/aromatic N) is 3. The van der Waals surface area contributed by atoms with Gasteiger partial charge in [-0.25, -0.2) is 0 Å². The lowest BCUT2D eigenvalue weighted by Crippen LogP contribution is -2.46. The normalized spacial score (nSPS) is 19.5. The van der Waals surface area contributed by atoms with Crippen LogP contribution in [0.3, 0.4) is 0 Å². The van der Waals surface area contributed by atoms with Gasteiger partial charge in [0, 0.05) is 51.2 Å². The molecular formula is C14H26N4O3S. The van der Waals surface area contributed by atoms with E-state index in [0.717, 1.165) is 24.1 Å². The Bertz CT molecular complexity index is 591. The summed E-state index contributed by atoms with van der Waals surface area (Å²) >= 11 is 0. The Labute approximate surface area is 132 Å². The number of hydrogen-bond donors (Lipinski definition) is 1. The molecule has 1 aliphatic heterocycles. The topological polar surface area (TPSA) is 76.5 Å². The molecule has 0 aliphatic carbocycles. The molecule has 1 aromatic heterocycles. The fourth-order valence-electron chi connectivity index (χ4n) is 2.85. The highest BCUT2D eigenvalue weighted by molar-refractivity contribution is 7.87. The number of piperidine rings is 1. The number of nitrogens with one attached hydrogen (secondary N) is 1. The molecule has 0 radical (unpaired) electrons. The molecule has 1 fully saturated rings. The van der Waals surface area contributed by atoms with Gasteiger partial charge in [-0.3, -0.25) is 4.68 Å². The summed E-state index contributed by atoms with van der Waals surface area (Å²) in [7, 11) is 0.0599. The van der Waals surface area contributed by atoms with Crippen LogP contribution in [0.15, 0.2) is 6.20 Å². The molecule has 0 saturated carbocycles. The Hall–Kier alpha value is -0.960. The van der Waals surface area contributed by atoms with Gasteiger partial charge in [0.25, 0.3) is 10.2 Å². The van der Waals surface area contributed by atoms with Crippen molar-refractivity contribution >= 4 is 10.2 Å². The molecule has 1 unspecified atom stereocenters. The molecule has 1 N–H and O–H groups in total. The Balaban J connectivity index is 1.98. The van der Waals surface area contributed by atoms with Crippen molar-refractivity contribution in [2.24, 2.45) is 13.0 Å². The van der Waals surface area contributed by atoms with Gasteiger partial charge >= 0.3 is 0 Å². The van der Waals surface area contributed by atoms with E-state index in [9.17, 15) is 8.42 Å². The van der Waals surface area contributed by atoms with Crippen LogP contribution < -0.4 is 4.72 Å². The molecule has 0 spiro atoms. The van der Waals surface area contributed by atoms with Crippen molar-refractivity contribution in [1.29, 1.82) is 0 Å². The van der Waals surface area contributed by atoms with Crippen molar-refractivity contribution < 1.29 is 13.2 Å². The molecular weight excluding hydrogens is 304 g/mol. The third kappa shape index (κ3) is 3.87. The molecule has 126 valence electrons. The smallest absolute Gasteiger partial charge is 0.279 e. The van der Waals surface area contributed by atoms with Crippen LogP contribution in [-0.2, 0) is 22.0 Å². The molecule has 8 heteroatoms. The molecule has 1 aliphatic rings. The molecule has 2 rings (SSSR count). The number of aromatic nitrogens is 2. The van der Waals surface area contributed by atoms with Gasteiger partial charge in [0.2, 0.25) is 0 Å². The molecule has 2 heterocycles. The Morgan fingerprint density at radius 2 is 2.09 bits per heavy atom. The van der Waals surface area contributed by atoms with Crippen LogP contribution in [0.5, 0.6) is 0 Å². The minimum absolute atomic E-state index is 0.296. The van der Waals surface area contributed by atoms with Gasteiger partial charge in [-0.2, -0.15) is 22.5 Å². The molecule has 0 aromatic carbocycles. The summed E-state index contributed by atoms with van der Waals surface area (Å²) in [6.45, 7) is 5.57. The minimum atomic E-state index is -3.47. The molecule has 0 amide bonds. The lowest BCUT2D eigenvalue weighted by atomic mass is 9.99. The SMILES string of the molecule is COCC1CCN(S(=O)(=O)NC(C)c2cnn(C)c2C)CC1.